The van der Waals surface area contributed by atoms with Crippen molar-refractivity contribution in [2.24, 2.45) is 0 Å². The van der Waals surface area contributed by atoms with E-state index in [1.54, 1.807) is 6.92 Å². The number of nitrogens with zero attached hydrogens (tertiary/aromatic N) is 1. The van der Waals surface area contributed by atoms with Crippen molar-refractivity contribution >= 4 is 11.6 Å². The van der Waals surface area contributed by atoms with Crippen LogP contribution >= 0.6 is 0 Å². The van der Waals surface area contributed by atoms with Crippen LogP contribution in [-0.2, 0) is 0 Å². The molecule has 0 saturated carbocycles. The molecule has 19 heavy (non-hydrogen) atoms. The normalized spacial score (nSPS) is 11.5. The van der Waals surface area contributed by atoms with Gasteiger partial charge in [-0.15, -0.1) is 12.3 Å². The molecule has 1 aromatic carbocycles. The van der Waals surface area contributed by atoms with Gasteiger partial charge in [-0.2, -0.15) is 4.39 Å². The van der Waals surface area contributed by atoms with E-state index in [4.69, 9.17) is 6.42 Å². The minimum Gasteiger partial charge on any atom is -0.349 e. The van der Waals surface area contributed by atoms with Gasteiger partial charge in [0.2, 0.25) is 5.82 Å². The van der Waals surface area contributed by atoms with Gasteiger partial charge in [0, 0.05) is 12.5 Å². The van der Waals surface area contributed by atoms with E-state index >= 15 is 0 Å². The summed E-state index contributed by atoms with van der Waals surface area (Å²) in [7, 11) is 0. The van der Waals surface area contributed by atoms with E-state index in [9.17, 15) is 23.7 Å². The van der Waals surface area contributed by atoms with Crippen LogP contribution in [0.25, 0.3) is 0 Å². The quantitative estimate of drug-likeness (QED) is 0.516. The summed E-state index contributed by atoms with van der Waals surface area (Å²) < 4.78 is 26.8. The number of carbonyl (C=O) groups is 1. The second kappa shape index (κ2) is 5.91. The maximum Gasteiger partial charge on any atom is 0.307 e. The van der Waals surface area contributed by atoms with Crippen molar-refractivity contribution in [1.82, 2.24) is 5.32 Å². The van der Waals surface area contributed by atoms with Crippen molar-refractivity contribution in [3.63, 3.8) is 0 Å². The zero-order valence-corrected chi connectivity index (χ0v) is 9.94. The highest BCUT2D eigenvalue weighted by atomic mass is 19.1. The number of hydrogen-bond acceptors (Lipinski definition) is 3. The van der Waals surface area contributed by atoms with Crippen LogP contribution in [0.15, 0.2) is 12.1 Å². The van der Waals surface area contributed by atoms with Crippen molar-refractivity contribution < 1.29 is 18.5 Å². The number of nitrogens with one attached hydrogen (secondary N) is 1. The molecule has 0 aliphatic rings. The van der Waals surface area contributed by atoms with E-state index in [0.717, 1.165) is 0 Å². The molecule has 5 nitrogen and oxygen atoms in total. The lowest BCUT2D eigenvalue weighted by atomic mass is 10.1. The van der Waals surface area contributed by atoms with E-state index in [1.807, 2.05) is 0 Å². The molecule has 0 saturated heterocycles. The molecule has 0 bridgehead atoms. The number of hydrogen-bond donors (Lipinski definition) is 1. The smallest absolute Gasteiger partial charge is 0.307 e. The van der Waals surface area contributed by atoms with E-state index in [-0.39, 0.29) is 6.42 Å². The average Bonchev–Trinajstić information content (AvgIpc) is 2.31. The molecule has 0 aliphatic carbocycles. The molecule has 1 N–H and O–H groups in total. The van der Waals surface area contributed by atoms with Gasteiger partial charge in [0.05, 0.1) is 16.6 Å². The summed E-state index contributed by atoms with van der Waals surface area (Å²) in [5.41, 5.74) is -1.63. The first kappa shape index (κ1) is 14.6. The molecule has 0 spiro atoms. The zero-order valence-electron chi connectivity index (χ0n) is 9.94. The summed E-state index contributed by atoms with van der Waals surface area (Å²) in [6.45, 7) is 1.59. The third-order valence-electron chi connectivity index (χ3n) is 2.28. The molecule has 0 heterocycles. The summed E-state index contributed by atoms with van der Waals surface area (Å²) in [5.74, 6) is -1.02. The first-order chi connectivity index (χ1) is 8.86. The number of carbonyl (C=O) groups excluding carboxylic acids is 1. The van der Waals surface area contributed by atoms with Crippen LogP contribution in [0.2, 0.25) is 0 Å². The summed E-state index contributed by atoms with van der Waals surface area (Å²) in [6, 6.07) is 0.441. The Morgan fingerprint density at radius 3 is 2.68 bits per heavy atom. The number of halogens is 2. The number of rotatable bonds is 4. The third kappa shape index (κ3) is 3.48. The van der Waals surface area contributed by atoms with Crippen LogP contribution in [0.3, 0.4) is 0 Å². The van der Waals surface area contributed by atoms with Crippen LogP contribution < -0.4 is 5.32 Å². The molecule has 0 aliphatic heterocycles. The maximum atomic E-state index is 13.5. The second-order valence-corrected chi connectivity index (χ2v) is 3.82. The standard InChI is InChI=1S/C12H10F2N2O3/c1-3-4-7(2)15-12(17)8-5-10(14)11(16(18)19)6-9(8)13/h1,5-7H,4H2,2H3,(H,15,17). The SMILES string of the molecule is C#CCC(C)NC(=O)c1cc(F)c([N+](=O)[O-])cc1F. The van der Waals surface area contributed by atoms with Crippen LogP contribution in [0.5, 0.6) is 0 Å². The van der Waals surface area contributed by atoms with E-state index in [1.165, 1.54) is 0 Å². The van der Waals surface area contributed by atoms with Crippen molar-refractivity contribution in [2.45, 2.75) is 19.4 Å². The minimum absolute atomic E-state index is 0.225. The summed E-state index contributed by atoms with van der Waals surface area (Å²) in [5, 5.41) is 12.8. The molecule has 1 aromatic rings. The Kier molecular flexibility index (Phi) is 4.53. The number of nitro benzene ring substituents is 1. The second-order valence-electron chi connectivity index (χ2n) is 3.82. The van der Waals surface area contributed by atoms with Gasteiger partial charge < -0.3 is 5.32 Å². The fourth-order valence-electron chi connectivity index (χ4n) is 1.38. The van der Waals surface area contributed by atoms with Crippen LogP contribution in [0.4, 0.5) is 14.5 Å². The van der Waals surface area contributed by atoms with Gasteiger partial charge in [-0.1, -0.05) is 0 Å². The van der Waals surface area contributed by atoms with Gasteiger partial charge in [0.15, 0.2) is 0 Å². The Balaban J connectivity index is 3.02. The molecule has 1 atom stereocenters. The highest BCUT2D eigenvalue weighted by molar-refractivity contribution is 5.94. The Bertz CT molecular complexity index is 567. The maximum absolute atomic E-state index is 13.5. The van der Waals surface area contributed by atoms with Crippen LogP contribution in [-0.4, -0.2) is 16.9 Å². The fourth-order valence-corrected chi connectivity index (χ4v) is 1.38. The molecule has 1 unspecified atom stereocenters. The van der Waals surface area contributed by atoms with Crippen LogP contribution in [0.1, 0.15) is 23.7 Å². The number of benzene rings is 1. The Morgan fingerprint density at radius 1 is 1.53 bits per heavy atom. The molecule has 7 heteroatoms. The van der Waals surface area contributed by atoms with Crippen molar-refractivity contribution in [3.8, 4) is 12.3 Å². The Hall–Kier alpha value is -2.49. The van der Waals surface area contributed by atoms with Crippen molar-refractivity contribution in [2.75, 3.05) is 0 Å². The van der Waals surface area contributed by atoms with Gasteiger partial charge in [0.25, 0.3) is 5.91 Å². The van der Waals surface area contributed by atoms with Gasteiger partial charge in [0.1, 0.15) is 5.82 Å². The summed E-state index contributed by atoms with van der Waals surface area (Å²) in [6.07, 6.45) is 5.27. The molecule has 0 fully saturated rings. The lowest BCUT2D eigenvalue weighted by molar-refractivity contribution is -0.387. The topological polar surface area (TPSA) is 72.2 Å². The molecular formula is C12H10F2N2O3. The summed E-state index contributed by atoms with van der Waals surface area (Å²) in [4.78, 5) is 21.0. The highest BCUT2D eigenvalue weighted by Gasteiger charge is 2.22. The first-order valence-corrected chi connectivity index (χ1v) is 5.24. The fraction of sp³-hybridized carbons (Fsp3) is 0.250. The largest absolute Gasteiger partial charge is 0.349 e. The van der Waals surface area contributed by atoms with Gasteiger partial charge in [-0.3, -0.25) is 14.9 Å². The summed E-state index contributed by atoms with van der Waals surface area (Å²) >= 11 is 0. The number of terminal acetylenes is 1. The number of nitro groups is 1. The minimum atomic E-state index is -1.28. The van der Waals surface area contributed by atoms with Gasteiger partial charge >= 0.3 is 5.69 Å². The molecule has 1 rings (SSSR count). The average molecular weight is 268 g/mol. The van der Waals surface area contributed by atoms with Crippen molar-refractivity contribution in [1.29, 1.82) is 0 Å². The first-order valence-electron chi connectivity index (χ1n) is 5.24. The molecule has 0 aromatic heterocycles. The lowest BCUT2D eigenvalue weighted by Gasteiger charge is -2.11. The zero-order chi connectivity index (χ0) is 14.6. The lowest BCUT2D eigenvalue weighted by Crippen LogP contribution is -2.32. The van der Waals surface area contributed by atoms with Crippen molar-refractivity contribution in [3.05, 3.63) is 39.4 Å². The highest BCUT2D eigenvalue weighted by Crippen LogP contribution is 2.21. The number of amides is 1. The third-order valence-corrected chi connectivity index (χ3v) is 2.28. The molecular weight excluding hydrogens is 258 g/mol. The predicted octanol–water partition coefficient (Wildman–Crippen LogP) is 2.01. The Labute approximate surface area is 107 Å². The van der Waals surface area contributed by atoms with E-state index < -0.39 is 39.8 Å². The van der Waals surface area contributed by atoms with Gasteiger partial charge in [-0.25, -0.2) is 4.39 Å². The Morgan fingerprint density at radius 2 is 2.16 bits per heavy atom. The van der Waals surface area contributed by atoms with E-state index in [2.05, 4.69) is 11.2 Å². The van der Waals surface area contributed by atoms with Crippen LogP contribution in [0, 0.1) is 34.1 Å². The monoisotopic (exact) mass is 268 g/mol. The predicted molar refractivity (Wildman–Crippen MR) is 63.4 cm³/mol. The molecule has 100 valence electrons. The molecule has 0 radical (unpaired) electrons. The molecule has 1 amide bonds. The van der Waals surface area contributed by atoms with E-state index in [0.29, 0.717) is 12.1 Å². The van der Waals surface area contributed by atoms with Gasteiger partial charge in [-0.05, 0) is 13.0 Å².